The maximum Gasteiger partial charge on any atom is 0.375 e. The fraction of sp³-hybridized carbons (Fsp3) is 0.231. The van der Waals surface area contributed by atoms with Crippen LogP contribution < -0.4 is 0 Å². The van der Waals surface area contributed by atoms with Gasteiger partial charge in [0.2, 0.25) is 11.9 Å². The molecule has 0 spiro atoms. The first-order valence-electron chi connectivity index (χ1n) is 10.6. The standard InChI is InChI=1S/C26H23NO4/c1-17-20-14-13-18-9-5-6-12-21(18)24(20)30-22(17)26(29)31-23(19-10-3-2-4-11-19)25(28)27-15-7-8-16-27/h2-6,9-14,23H,7-8,15-16H2,1H3/t23-/m0/s1. The van der Waals surface area contributed by atoms with Crippen molar-refractivity contribution in [1.82, 2.24) is 4.90 Å². The summed E-state index contributed by atoms with van der Waals surface area (Å²) in [6, 6.07) is 21.0. The Morgan fingerprint density at radius 2 is 1.61 bits per heavy atom. The molecule has 5 heteroatoms. The molecule has 1 amide bonds. The Bertz CT molecular complexity index is 1270. The highest BCUT2D eigenvalue weighted by atomic mass is 16.6. The van der Waals surface area contributed by atoms with Crippen LogP contribution in [-0.4, -0.2) is 29.9 Å². The minimum absolute atomic E-state index is 0.140. The summed E-state index contributed by atoms with van der Waals surface area (Å²) in [6.45, 7) is 3.22. The second-order valence-corrected chi connectivity index (χ2v) is 7.95. The van der Waals surface area contributed by atoms with E-state index in [-0.39, 0.29) is 11.7 Å². The topological polar surface area (TPSA) is 59.8 Å². The number of carbonyl (C=O) groups excluding carboxylic acids is 2. The average molecular weight is 413 g/mol. The number of rotatable bonds is 4. The summed E-state index contributed by atoms with van der Waals surface area (Å²) < 4.78 is 11.8. The second kappa shape index (κ2) is 7.91. The van der Waals surface area contributed by atoms with E-state index < -0.39 is 12.1 Å². The van der Waals surface area contributed by atoms with Crippen LogP contribution in [0.25, 0.3) is 21.7 Å². The molecule has 1 saturated heterocycles. The Balaban J connectivity index is 1.52. The van der Waals surface area contributed by atoms with Gasteiger partial charge in [-0.05, 0) is 25.2 Å². The number of benzene rings is 3. The third-order valence-corrected chi connectivity index (χ3v) is 5.98. The minimum Gasteiger partial charge on any atom is -0.448 e. The lowest BCUT2D eigenvalue weighted by atomic mass is 10.1. The number of amides is 1. The maximum absolute atomic E-state index is 13.2. The van der Waals surface area contributed by atoms with Crippen LogP contribution in [0.2, 0.25) is 0 Å². The molecule has 2 heterocycles. The van der Waals surface area contributed by atoms with Crippen molar-refractivity contribution in [3.63, 3.8) is 0 Å². The van der Waals surface area contributed by atoms with E-state index >= 15 is 0 Å². The largest absolute Gasteiger partial charge is 0.448 e. The first-order valence-corrected chi connectivity index (χ1v) is 10.6. The number of aryl methyl sites for hydroxylation is 1. The highest BCUT2D eigenvalue weighted by Gasteiger charge is 2.33. The van der Waals surface area contributed by atoms with Gasteiger partial charge in [0.05, 0.1) is 0 Å². The molecule has 0 saturated carbocycles. The Hall–Kier alpha value is -3.60. The smallest absolute Gasteiger partial charge is 0.375 e. The van der Waals surface area contributed by atoms with Gasteiger partial charge in [-0.1, -0.05) is 66.7 Å². The summed E-state index contributed by atoms with van der Waals surface area (Å²) in [6.07, 6.45) is 0.949. The van der Waals surface area contributed by atoms with Crippen molar-refractivity contribution in [3.05, 3.63) is 83.6 Å². The number of likely N-dealkylation sites (tertiary alicyclic amines) is 1. The van der Waals surface area contributed by atoms with Crippen LogP contribution in [0.5, 0.6) is 0 Å². The van der Waals surface area contributed by atoms with Crippen molar-refractivity contribution in [2.24, 2.45) is 0 Å². The van der Waals surface area contributed by atoms with E-state index in [0.717, 1.165) is 29.0 Å². The Kier molecular flexibility index (Phi) is 4.94. The van der Waals surface area contributed by atoms with Crippen molar-refractivity contribution >= 4 is 33.6 Å². The van der Waals surface area contributed by atoms with Gasteiger partial charge in [-0.3, -0.25) is 4.79 Å². The average Bonchev–Trinajstić information content (AvgIpc) is 3.46. The van der Waals surface area contributed by atoms with Crippen LogP contribution >= 0.6 is 0 Å². The van der Waals surface area contributed by atoms with Crippen LogP contribution in [0.3, 0.4) is 0 Å². The van der Waals surface area contributed by atoms with Crippen LogP contribution in [0.15, 0.2) is 71.1 Å². The van der Waals surface area contributed by atoms with Gasteiger partial charge in [-0.15, -0.1) is 0 Å². The summed E-state index contributed by atoms with van der Waals surface area (Å²) >= 11 is 0. The van der Waals surface area contributed by atoms with Crippen LogP contribution in [-0.2, 0) is 9.53 Å². The SMILES string of the molecule is Cc1c(C(=O)O[C@H](C(=O)N2CCCC2)c2ccccc2)oc2c1ccc1ccccc12. The van der Waals surface area contributed by atoms with Crippen molar-refractivity contribution < 1.29 is 18.7 Å². The number of hydrogen-bond donors (Lipinski definition) is 0. The van der Waals surface area contributed by atoms with Gasteiger partial charge in [0.15, 0.2) is 0 Å². The zero-order valence-electron chi connectivity index (χ0n) is 17.3. The molecule has 1 fully saturated rings. The first-order chi connectivity index (χ1) is 15.1. The molecule has 1 atom stereocenters. The predicted molar refractivity (Wildman–Crippen MR) is 119 cm³/mol. The van der Waals surface area contributed by atoms with Crippen molar-refractivity contribution in [3.8, 4) is 0 Å². The molecule has 4 aromatic rings. The molecule has 3 aromatic carbocycles. The molecule has 0 unspecified atom stereocenters. The number of nitrogens with zero attached hydrogens (tertiary/aromatic N) is 1. The number of hydrogen-bond acceptors (Lipinski definition) is 4. The van der Waals surface area contributed by atoms with Crippen molar-refractivity contribution in [1.29, 1.82) is 0 Å². The Labute approximate surface area is 180 Å². The number of furan rings is 1. The lowest BCUT2D eigenvalue weighted by Crippen LogP contribution is -2.34. The molecular weight excluding hydrogens is 390 g/mol. The molecule has 0 aliphatic carbocycles. The molecule has 0 radical (unpaired) electrons. The van der Waals surface area contributed by atoms with Gasteiger partial charge in [0.1, 0.15) is 5.58 Å². The van der Waals surface area contributed by atoms with Gasteiger partial charge in [0, 0.05) is 35.0 Å². The summed E-state index contributed by atoms with van der Waals surface area (Å²) in [5.41, 5.74) is 2.03. The van der Waals surface area contributed by atoms with E-state index in [4.69, 9.17) is 9.15 Å². The fourth-order valence-corrected chi connectivity index (χ4v) is 4.30. The third-order valence-electron chi connectivity index (χ3n) is 5.98. The van der Waals surface area contributed by atoms with E-state index in [1.165, 1.54) is 0 Å². The quantitative estimate of drug-likeness (QED) is 0.420. The van der Waals surface area contributed by atoms with E-state index in [0.29, 0.717) is 29.8 Å². The molecule has 5 nitrogen and oxygen atoms in total. The van der Waals surface area contributed by atoms with Crippen molar-refractivity contribution in [2.45, 2.75) is 25.9 Å². The van der Waals surface area contributed by atoms with Gasteiger partial charge < -0.3 is 14.1 Å². The van der Waals surface area contributed by atoms with Crippen LogP contribution in [0.4, 0.5) is 0 Å². The number of fused-ring (bicyclic) bond motifs is 3. The Morgan fingerprint density at radius 1 is 0.903 bits per heavy atom. The molecule has 0 N–H and O–H groups in total. The van der Waals surface area contributed by atoms with E-state index in [1.54, 1.807) is 4.90 Å². The molecule has 0 bridgehead atoms. The lowest BCUT2D eigenvalue weighted by molar-refractivity contribution is -0.140. The zero-order valence-corrected chi connectivity index (χ0v) is 17.3. The molecule has 1 aliphatic heterocycles. The minimum atomic E-state index is -0.990. The maximum atomic E-state index is 13.2. The van der Waals surface area contributed by atoms with E-state index in [2.05, 4.69) is 0 Å². The third kappa shape index (κ3) is 3.46. The molecule has 5 rings (SSSR count). The van der Waals surface area contributed by atoms with Gasteiger partial charge in [0.25, 0.3) is 5.91 Å². The Morgan fingerprint density at radius 3 is 2.39 bits per heavy atom. The first kappa shape index (κ1) is 19.4. The molecular formula is C26H23NO4. The van der Waals surface area contributed by atoms with Crippen molar-refractivity contribution in [2.75, 3.05) is 13.1 Å². The fourth-order valence-electron chi connectivity index (χ4n) is 4.30. The molecule has 156 valence electrons. The highest BCUT2D eigenvalue weighted by molar-refractivity contribution is 6.08. The van der Waals surface area contributed by atoms with Gasteiger partial charge in [-0.2, -0.15) is 0 Å². The van der Waals surface area contributed by atoms with Crippen LogP contribution in [0, 0.1) is 6.92 Å². The number of ether oxygens (including phenoxy) is 1. The molecule has 1 aliphatic rings. The van der Waals surface area contributed by atoms with E-state index in [1.807, 2.05) is 73.7 Å². The zero-order chi connectivity index (χ0) is 21.4. The van der Waals surface area contributed by atoms with Crippen LogP contribution in [0.1, 0.15) is 40.6 Å². The number of esters is 1. The summed E-state index contributed by atoms with van der Waals surface area (Å²) in [5, 5.41) is 2.85. The second-order valence-electron chi connectivity index (χ2n) is 7.95. The summed E-state index contributed by atoms with van der Waals surface area (Å²) in [5.74, 6) is -0.669. The highest BCUT2D eigenvalue weighted by Crippen LogP contribution is 2.33. The monoisotopic (exact) mass is 413 g/mol. The van der Waals surface area contributed by atoms with Gasteiger partial charge in [-0.25, -0.2) is 4.79 Å². The molecule has 1 aromatic heterocycles. The van der Waals surface area contributed by atoms with E-state index in [9.17, 15) is 9.59 Å². The number of carbonyl (C=O) groups is 2. The lowest BCUT2D eigenvalue weighted by Gasteiger charge is -2.23. The normalized spacial score (nSPS) is 14.8. The predicted octanol–water partition coefficient (Wildman–Crippen LogP) is 5.41. The molecule has 31 heavy (non-hydrogen) atoms. The summed E-state index contributed by atoms with van der Waals surface area (Å²) in [7, 11) is 0. The van der Waals surface area contributed by atoms with Gasteiger partial charge >= 0.3 is 5.97 Å². The summed E-state index contributed by atoms with van der Waals surface area (Å²) in [4.78, 5) is 28.1.